The Kier molecular flexibility index (Phi) is 4.41. The summed E-state index contributed by atoms with van der Waals surface area (Å²) in [6, 6.07) is 2.47. The molecule has 106 valence electrons. The monoisotopic (exact) mass is 312 g/mol. The van der Waals surface area contributed by atoms with Crippen LogP contribution in [0, 0.1) is 0 Å². The number of thiocarbonyl (C=S) groups is 1. The average molecular weight is 312 g/mol. The van der Waals surface area contributed by atoms with E-state index in [0.717, 1.165) is 18.2 Å². The lowest BCUT2D eigenvalue weighted by atomic mass is 10.1. The Balaban J connectivity index is 3.32. The number of hydrogen-bond donors (Lipinski definition) is 2. The fourth-order valence-electron chi connectivity index (χ4n) is 1.25. The largest absolute Gasteiger partial charge is 0.416 e. The molecule has 19 heavy (non-hydrogen) atoms. The zero-order valence-electron chi connectivity index (χ0n) is 9.78. The molecule has 9 heteroatoms. The molecule has 0 aliphatic carbocycles. The van der Waals surface area contributed by atoms with Gasteiger partial charge < -0.3 is 5.73 Å². The van der Waals surface area contributed by atoms with Crippen molar-refractivity contribution >= 4 is 32.9 Å². The van der Waals surface area contributed by atoms with Gasteiger partial charge >= 0.3 is 6.18 Å². The minimum Gasteiger partial charge on any atom is -0.389 e. The highest BCUT2D eigenvalue weighted by molar-refractivity contribution is 7.92. The highest BCUT2D eigenvalue weighted by Gasteiger charge is 2.31. The van der Waals surface area contributed by atoms with E-state index in [9.17, 15) is 21.6 Å². The number of benzene rings is 1. The number of sulfonamides is 1. The highest BCUT2D eigenvalue weighted by atomic mass is 32.2. The van der Waals surface area contributed by atoms with E-state index in [0.29, 0.717) is 0 Å². The molecule has 1 aromatic carbocycles. The van der Waals surface area contributed by atoms with Crippen LogP contribution in [0.25, 0.3) is 0 Å². The van der Waals surface area contributed by atoms with E-state index in [-0.39, 0.29) is 22.0 Å². The number of anilines is 1. The second kappa shape index (κ2) is 5.33. The summed E-state index contributed by atoms with van der Waals surface area (Å²) < 4.78 is 62.6. The lowest BCUT2D eigenvalue weighted by molar-refractivity contribution is -0.137. The lowest BCUT2D eigenvalue weighted by Gasteiger charge is -2.14. The summed E-state index contributed by atoms with van der Waals surface area (Å²) in [5.74, 6) is -0.217. The van der Waals surface area contributed by atoms with Gasteiger partial charge in [0, 0.05) is 5.56 Å². The maximum absolute atomic E-state index is 12.5. The number of nitrogens with one attached hydrogen (secondary N) is 1. The Morgan fingerprint density at radius 1 is 1.42 bits per heavy atom. The fourth-order valence-corrected chi connectivity index (χ4v) is 2.08. The van der Waals surface area contributed by atoms with Crippen molar-refractivity contribution in [1.82, 2.24) is 0 Å². The smallest absolute Gasteiger partial charge is 0.389 e. The van der Waals surface area contributed by atoms with E-state index in [1.807, 2.05) is 0 Å². The first-order valence-electron chi connectivity index (χ1n) is 5.08. The third-order valence-electron chi connectivity index (χ3n) is 2.26. The Labute approximate surface area is 113 Å². The zero-order valence-corrected chi connectivity index (χ0v) is 11.4. The van der Waals surface area contributed by atoms with Crippen LogP contribution in [0.4, 0.5) is 18.9 Å². The molecule has 1 rings (SSSR count). The van der Waals surface area contributed by atoms with Gasteiger partial charge in [-0.05, 0) is 25.1 Å². The van der Waals surface area contributed by atoms with Crippen LogP contribution in [0.15, 0.2) is 18.2 Å². The first-order chi connectivity index (χ1) is 8.57. The van der Waals surface area contributed by atoms with Crippen molar-refractivity contribution in [2.75, 3.05) is 10.5 Å². The summed E-state index contributed by atoms with van der Waals surface area (Å²) in [6.45, 7) is 1.40. The molecule has 3 N–H and O–H groups in total. The standard InChI is InChI=1S/C10H11F3N2O2S2/c1-2-19(16,17)15-8-4-3-6(10(11,12)13)5-7(8)9(14)18/h3-5,15H,2H2,1H3,(H2,14,18). The predicted octanol–water partition coefficient (Wildman–Crippen LogP) is 2.10. The molecule has 0 radical (unpaired) electrons. The van der Waals surface area contributed by atoms with Crippen LogP contribution in [-0.2, 0) is 16.2 Å². The molecule has 0 saturated carbocycles. The topological polar surface area (TPSA) is 72.2 Å². The number of hydrogen-bond acceptors (Lipinski definition) is 3. The third kappa shape index (κ3) is 4.06. The lowest BCUT2D eigenvalue weighted by Crippen LogP contribution is -2.20. The average Bonchev–Trinajstić information content (AvgIpc) is 2.27. The third-order valence-corrected chi connectivity index (χ3v) is 3.77. The Morgan fingerprint density at radius 3 is 2.42 bits per heavy atom. The van der Waals surface area contributed by atoms with Crippen molar-refractivity contribution in [3.8, 4) is 0 Å². The van der Waals surface area contributed by atoms with Crippen molar-refractivity contribution < 1.29 is 21.6 Å². The van der Waals surface area contributed by atoms with E-state index in [1.165, 1.54) is 6.92 Å². The van der Waals surface area contributed by atoms with E-state index in [4.69, 9.17) is 5.73 Å². The maximum atomic E-state index is 12.5. The minimum absolute atomic E-state index is 0.0673. The van der Waals surface area contributed by atoms with Crippen molar-refractivity contribution in [1.29, 1.82) is 0 Å². The number of rotatable bonds is 4. The molecule has 4 nitrogen and oxygen atoms in total. The molecule has 0 atom stereocenters. The van der Waals surface area contributed by atoms with Crippen LogP contribution < -0.4 is 10.5 Å². The van der Waals surface area contributed by atoms with Gasteiger partial charge in [-0.3, -0.25) is 4.72 Å². The second-order valence-corrected chi connectivity index (χ2v) is 6.08. The predicted molar refractivity (Wildman–Crippen MR) is 70.4 cm³/mol. The summed E-state index contributed by atoms with van der Waals surface area (Å²) in [7, 11) is -3.62. The molecule has 0 aliphatic heterocycles. The maximum Gasteiger partial charge on any atom is 0.416 e. The summed E-state index contributed by atoms with van der Waals surface area (Å²) in [6.07, 6.45) is -4.55. The van der Waals surface area contributed by atoms with E-state index in [2.05, 4.69) is 16.9 Å². The second-order valence-electron chi connectivity index (χ2n) is 3.63. The molecule has 0 fully saturated rings. The van der Waals surface area contributed by atoms with E-state index in [1.54, 1.807) is 0 Å². The van der Waals surface area contributed by atoms with Gasteiger partial charge in [-0.1, -0.05) is 12.2 Å². The molecule has 0 unspecified atom stereocenters. The summed E-state index contributed by atoms with van der Waals surface area (Å²) in [5, 5.41) is 0. The first kappa shape index (κ1) is 15.7. The number of nitrogens with two attached hydrogens (primary N) is 1. The van der Waals surface area contributed by atoms with Crippen LogP contribution in [0.1, 0.15) is 18.1 Å². The molecule has 0 amide bonds. The Hall–Kier alpha value is -1.35. The van der Waals surface area contributed by atoms with Crippen molar-refractivity contribution in [3.63, 3.8) is 0 Å². The molecule has 0 saturated heterocycles. The fraction of sp³-hybridized carbons (Fsp3) is 0.300. The first-order valence-corrected chi connectivity index (χ1v) is 7.14. The van der Waals surface area contributed by atoms with Gasteiger partial charge in [0.2, 0.25) is 10.0 Å². The quantitative estimate of drug-likeness (QED) is 0.835. The molecular formula is C10H11F3N2O2S2. The normalized spacial score (nSPS) is 12.2. The van der Waals surface area contributed by atoms with Crippen molar-refractivity contribution in [3.05, 3.63) is 29.3 Å². The molecule has 0 spiro atoms. The van der Waals surface area contributed by atoms with Crippen molar-refractivity contribution in [2.24, 2.45) is 5.73 Å². The van der Waals surface area contributed by atoms with Gasteiger partial charge in [0.15, 0.2) is 0 Å². The zero-order chi connectivity index (χ0) is 14.8. The van der Waals surface area contributed by atoms with Gasteiger partial charge in [-0.15, -0.1) is 0 Å². The summed E-state index contributed by atoms with van der Waals surface area (Å²) >= 11 is 4.63. The van der Waals surface area contributed by atoms with Crippen LogP contribution in [0.3, 0.4) is 0 Å². The molecular weight excluding hydrogens is 301 g/mol. The highest BCUT2D eigenvalue weighted by Crippen LogP contribution is 2.32. The van der Waals surface area contributed by atoms with Gasteiger partial charge in [-0.25, -0.2) is 8.42 Å². The van der Waals surface area contributed by atoms with E-state index >= 15 is 0 Å². The minimum atomic E-state index is -4.55. The van der Waals surface area contributed by atoms with Gasteiger partial charge in [0.05, 0.1) is 17.0 Å². The van der Waals surface area contributed by atoms with Gasteiger partial charge in [0.1, 0.15) is 4.99 Å². The molecule has 0 heterocycles. The number of alkyl halides is 3. The van der Waals surface area contributed by atoms with Gasteiger partial charge in [-0.2, -0.15) is 13.2 Å². The Morgan fingerprint density at radius 2 is 2.00 bits per heavy atom. The molecule has 0 bridgehead atoms. The van der Waals surface area contributed by atoms with E-state index < -0.39 is 21.8 Å². The van der Waals surface area contributed by atoms with Crippen LogP contribution in [0.5, 0.6) is 0 Å². The number of halogens is 3. The SMILES string of the molecule is CCS(=O)(=O)Nc1ccc(C(F)(F)F)cc1C(N)=S. The van der Waals surface area contributed by atoms with Crippen molar-refractivity contribution in [2.45, 2.75) is 13.1 Å². The summed E-state index contributed by atoms with van der Waals surface area (Å²) in [5.41, 5.74) is 4.13. The van der Waals surface area contributed by atoms with Crippen LogP contribution >= 0.6 is 12.2 Å². The van der Waals surface area contributed by atoms with Gasteiger partial charge in [0.25, 0.3) is 0 Å². The van der Waals surface area contributed by atoms with Crippen LogP contribution in [-0.4, -0.2) is 19.2 Å². The van der Waals surface area contributed by atoms with Crippen LogP contribution in [0.2, 0.25) is 0 Å². The molecule has 0 aromatic heterocycles. The molecule has 0 aliphatic rings. The summed E-state index contributed by atoms with van der Waals surface area (Å²) in [4.78, 5) is -0.320. The Bertz CT molecular complexity index is 597. The molecule has 1 aromatic rings.